The third-order valence-corrected chi connectivity index (χ3v) is 5.35. The molecular formula is C19H37N7O. The lowest BCUT2D eigenvalue weighted by atomic mass is 9.92. The number of morpholine rings is 1. The van der Waals surface area contributed by atoms with Crippen molar-refractivity contribution in [3.8, 4) is 0 Å². The minimum absolute atomic E-state index is 0.493. The second kappa shape index (κ2) is 11.9. The number of rotatable bonds is 10. The second-order valence-corrected chi connectivity index (χ2v) is 6.90. The summed E-state index contributed by atoms with van der Waals surface area (Å²) in [4.78, 5) is 7.30. The lowest BCUT2D eigenvalue weighted by molar-refractivity contribution is 0.00272. The summed E-state index contributed by atoms with van der Waals surface area (Å²) in [5, 5.41) is 15.1. The van der Waals surface area contributed by atoms with Gasteiger partial charge in [-0.05, 0) is 19.8 Å². The number of hydrogen-bond donors (Lipinski definition) is 2. The molecule has 1 aliphatic rings. The maximum absolute atomic E-state index is 5.55. The van der Waals surface area contributed by atoms with Crippen molar-refractivity contribution in [1.29, 1.82) is 0 Å². The van der Waals surface area contributed by atoms with Gasteiger partial charge in [-0.15, -0.1) is 10.2 Å². The Balaban J connectivity index is 2.02. The summed E-state index contributed by atoms with van der Waals surface area (Å²) < 4.78 is 7.57. The van der Waals surface area contributed by atoms with Crippen molar-refractivity contribution in [3.63, 3.8) is 0 Å². The molecule has 0 spiro atoms. The van der Waals surface area contributed by atoms with Gasteiger partial charge in [0, 0.05) is 38.8 Å². The number of nitrogens with one attached hydrogen (secondary N) is 2. The Hall–Kier alpha value is -1.67. The van der Waals surface area contributed by atoms with Gasteiger partial charge < -0.3 is 19.9 Å². The van der Waals surface area contributed by atoms with Crippen molar-refractivity contribution in [1.82, 2.24) is 30.3 Å². The van der Waals surface area contributed by atoms with Gasteiger partial charge in [-0.3, -0.25) is 4.90 Å². The fourth-order valence-electron chi connectivity index (χ4n) is 3.69. The fourth-order valence-corrected chi connectivity index (χ4v) is 3.69. The predicted octanol–water partition coefficient (Wildman–Crippen LogP) is 1.49. The third kappa shape index (κ3) is 6.46. The Bertz CT molecular complexity index is 550. The zero-order chi connectivity index (χ0) is 19.5. The number of ether oxygens (including phenoxy) is 1. The van der Waals surface area contributed by atoms with Crippen LogP contribution in [0.25, 0.3) is 0 Å². The first kappa shape index (κ1) is 21.6. The topological polar surface area (TPSA) is 79.6 Å². The van der Waals surface area contributed by atoms with E-state index in [1.807, 2.05) is 4.57 Å². The maximum atomic E-state index is 5.55. The number of nitrogens with zero attached hydrogens (tertiary/aromatic N) is 5. The number of aliphatic imine (C=N–C) groups is 1. The molecule has 1 atom stereocenters. The first-order valence-electron chi connectivity index (χ1n) is 10.4. The predicted molar refractivity (Wildman–Crippen MR) is 109 cm³/mol. The molecule has 2 rings (SSSR count). The lowest BCUT2D eigenvalue weighted by Gasteiger charge is -2.39. The summed E-state index contributed by atoms with van der Waals surface area (Å²) in [5.74, 6) is 2.40. The number of aryl methyl sites for hydroxylation is 1. The van der Waals surface area contributed by atoms with E-state index < -0.39 is 0 Å². The van der Waals surface area contributed by atoms with Gasteiger partial charge in [-0.1, -0.05) is 26.7 Å². The third-order valence-electron chi connectivity index (χ3n) is 5.35. The average molecular weight is 380 g/mol. The first-order chi connectivity index (χ1) is 13.2. The summed E-state index contributed by atoms with van der Waals surface area (Å²) >= 11 is 0. The van der Waals surface area contributed by atoms with Crippen LogP contribution < -0.4 is 10.6 Å². The molecule has 0 aromatic carbocycles. The highest BCUT2D eigenvalue weighted by molar-refractivity contribution is 5.79. The molecule has 27 heavy (non-hydrogen) atoms. The van der Waals surface area contributed by atoms with E-state index in [0.717, 1.165) is 57.7 Å². The zero-order valence-corrected chi connectivity index (χ0v) is 17.4. The summed E-state index contributed by atoms with van der Waals surface area (Å²) in [5.41, 5.74) is 0. The highest BCUT2D eigenvalue weighted by atomic mass is 16.5. The van der Waals surface area contributed by atoms with Gasteiger partial charge >= 0.3 is 0 Å². The van der Waals surface area contributed by atoms with E-state index in [4.69, 9.17) is 9.73 Å². The SMILES string of the molecule is CCNC(=NCc1nncn1CC)NCC(C(CC)CC)N1CCOCC1. The molecule has 2 N–H and O–H groups in total. The quantitative estimate of drug-likeness (QED) is 0.474. The Morgan fingerprint density at radius 2 is 1.93 bits per heavy atom. The molecule has 1 aromatic rings. The van der Waals surface area contributed by atoms with Crippen molar-refractivity contribution >= 4 is 5.96 Å². The van der Waals surface area contributed by atoms with Crippen molar-refractivity contribution < 1.29 is 4.74 Å². The van der Waals surface area contributed by atoms with Crippen LogP contribution in [0.5, 0.6) is 0 Å². The standard InChI is InChI=1S/C19H37N7O/c1-5-16(6-2)17(26-9-11-27-12-10-26)13-21-19(20-7-3)22-14-18-24-23-15-25(18)8-4/h15-17H,5-14H2,1-4H3,(H2,20,21,22). The molecule has 0 aliphatic carbocycles. The Morgan fingerprint density at radius 3 is 2.56 bits per heavy atom. The van der Waals surface area contributed by atoms with Crippen molar-refractivity contribution in [3.05, 3.63) is 12.2 Å². The van der Waals surface area contributed by atoms with E-state index in [-0.39, 0.29) is 0 Å². The van der Waals surface area contributed by atoms with Crippen LogP contribution >= 0.6 is 0 Å². The van der Waals surface area contributed by atoms with Crippen molar-refractivity contribution in [2.45, 2.75) is 59.7 Å². The maximum Gasteiger partial charge on any atom is 0.191 e. The van der Waals surface area contributed by atoms with Gasteiger partial charge in [0.25, 0.3) is 0 Å². The second-order valence-electron chi connectivity index (χ2n) is 6.90. The van der Waals surface area contributed by atoms with Crippen LogP contribution in [-0.4, -0.2) is 71.1 Å². The van der Waals surface area contributed by atoms with E-state index in [1.165, 1.54) is 12.8 Å². The fraction of sp³-hybridized carbons (Fsp3) is 0.842. The van der Waals surface area contributed by atoms with Crippen LogP contribution in [-0.2, 0) is 17.8 Å². The molecule has 0 amide bonds. The van der Waals surface area contributed by atoms with Gasteiger partial charge in [-0.25, -0.2) is 4.99 Å². The Morgan fingerprint density at radius 1 is 1.19 bits per heavy atom. The van der Waals surface area contributed by atoms with Crippen LogP contribution in [0, 0.1) is 5.92 Å². The van der Waals surface area contributed by atoms with E-state index >= 15 is 0 Å². The van der Waals surface area contributed by atoms with Crippen LogP contribution in [0.15, 0.2) is 11.3 Å². The molecule has 8 heteroatoms. The monoisotopic (exact) mass is 379 g/mol. The molecule has 1 saturated heterocycles. The van der Waals surface area contributed by atoms with E-state index in [1.54, 1.807) is 6.33 Å². The molecule has 1 aromatic heterocycles. The normalized spacial score (nSPS) is 17.3. The Kier molecular flexibility index (Phi) is 9.55. The molecule has 0 radical (unpaired) electrons. The highest BCUT2D eigenvalue weighted by Gasteiger charge is 2.27. The molecular weight excluding hydrogens is 342 g/mol. The van der Waals surface area contributed by atoms with Gasteiger partial charge in [0.1, 0.15) is 12.9 Å². The van der Waals surface area contributed by atoms with E-state index in [9.17, 15) is 0 Å². The number of guanidine groups is 1. The van der Waals surface area contributed by atoms with Crippen LogP contribution in [0.1, 0.15) is 46.4 Å². The van der Waals surface area contributed by atoms with E-state index in [2.05, 4.69) is 53.4 Å². The summed E-state index contributed by atoms with van der Waals surface area (Å²) in [6, 6.07) is 0.493. The largest absolute Gasteiger partial charge is 0.379 e. The number of hydrogen-bond acceptors (Lipinski definition) is 5. The van der Waals surface area contributed by atoms with Gasteiger partial charge in [0.15, 0.2) is 11.8 Å². The summed E-state index contributed by atoms with van der Waals surface area (Å²) in [7, 11) is 0. The first-order valence-corrected chi connectivity index (χ1v) is 10.4. The van der Waals surface area contributed by atoms with E-state index in [0.29, 0.717) is 18.5 Å². The molecule has 1 unspecified atom stereocenters. The van der Waals surface area contributed by atoms with Gasteiger partial charge in [0.2, 0.25) is 0 Å². The molecule has 0 saturated carbocycles. The van der Waals surface area contributed by atoms with Crippen molar-refractivity contribution in [2.24, 2.45) is 10.9 Å². The van der Waals surface area contributed by atoms with Crippen molar-refractivity contribution in [2.75, 3.05) is 39.4 Å². The minimum Gasteiger partial charge on any atom is -0.379 e. The average Bonchev–Trinajstić information content (AvgIpc) is 3.17. The highest BCUT2D eigenvalue weighted by Crippen LogP contribution is 2.19. The molecule has 1 aliphatic heterocycles. The Labute approximate surface area is 163 Å². The summed E-state index contributed by atoms with van der Waals surface area (Å²) in [6.07, 6.45) is 4.13. The molecule has 1 fully saturated rings. The molecule has 8 nitrogen and oxygen atoms in total. The smallest absolute Gasteiger partial charge is 0.191 e. The van der Waals surface area contributed by atoms with Gasteiger partial charge in [0.05, 0.1) is 13.2 Å². The lowest BCUT2D eigenvalue weighted by Crippen LogP contribution is -2.53. The zero-order valence-electron chi connectivity index (χ0n) is 17.4. The molecule has 0 bridgehead atoms. The van der Waals surface area contributed by atoms with Crippen LogP contribution in [0.3, 0.4) is 0 Å². The molecule has 2 heterocycles. The van der Waals surface area contributed by atoms with Gasteiger partial charge in [-0.2, -0.15) is 0 Å². The van der Waals surface area contributed by atoms with Crippen LogP contribution in [0.2, 0.25) is 0 Å². The number of aromatic nitrogens is 3. The summed E-state index contributed by atoms with van der Waals surface area (Å²) in [6.45, 7) is 15.5. The minimum atomic E-state index is 0.493. The van der Waals surface area contributed by atoms with Crippen LogP contribution in [0.4, 0.5) is 0 Å². The molecule has 154 valence electrons.